The van der Waals surface area contributed by atoms with Crippen molar-refractivity contribution in [3.63, 3.8) is 0 Å². The first-order chi connectivity index (χ1) is 12.2. The van der Waals surface area contributed by atoms with Crippen LogP contribution < -0.4 is 5.56 Å². The molecule has 0 fully saturated rings. The molecular weight excluding hydrogens is 314 g/mol. The van der Waals surface area contributed by atoms with Crippen molar-refractivity contribution in [3.8, 4) is 11.3 Å². The van der Waals surface area contributed by atoms with Crippen LogP contribution in [-0.2, 0) is 19.4 Å². The summed E-state index contributed by atoms with van der Waals surface area (Å²) in [4.78, 5) is 21.4. The lowest BCUT2D eigenvalue weighted by atomic mass is 10.1. The second-order valence-electron chi connectivity index (χ2n) is 6.57. The van der Waals surface area contributed by atoms with Crippen molar-refractivity contribution in [2.24, 2.45) is 0 Å². The number of aromatic nitrogens is 4. The topological polar surface area (TPSA) is 77.7 Å². The van der Waals surface area contributed by atoms with Crippen LogP contribution in [0.4, 0.5) is 0 Å². The van der Waals surface area contributed by atoms with E-state index in [9.17, 15) is 4.79 Å². The van der Waals surface area contributed by atoms with Gasteiger partial charge in [0.25, 0.3) is 5.56 Å². The van der Waals surface area contributed by atoms with Crippen molar-refractivity contribution in [2.45, 2.75) is 26.3 Å². The molecule has 0 amide bonds. The summed E-state index contributed by atoms with van der Waals surface area (Å²) in [5.74, 6) is 0. The summed E-state index contributed by atoms with van der Waals surface area (Å²) in [5, 5.41) is 7.37. The minimum Gasteiger partial charge on any atom is -0.313 e. The molecule has 0 unspecified atom stereocenters. The van der Waals surface area contributed by atoms with E-state index in [1.54, 1.807) is 0 Å². The van der Waals surface area contributed by atoms with E-state index in [4.69, 9.17) is 0 Å². The maximum atomic E-state index is 12.0. The summed E-state index contributed by atoms with van der Waals surface area (Å²) in [6.07, 6.45) is 4.94. The van der Waals surface area contributed by atoms with Crippen LogP contribution in [0.1, 0.15) is 22.4 Å². The number of fused-ring (bicyclic) bond motifs is 1. The summed E-state index contributed by atoms with van der Waals surface area (Å²) in [6, 6.07) is 8.46. The fraction of sp³-hybridized carbons (Fsp3) is 0.316. The molecule has 4 rings (SSSR count). The smallest absolute Gasteiger partial charge is 0.254 e. The van der Waals surface area contributed by atoms with Gasteiger partial charge in [0.1, 0.15) is 0 Å². The zero-order valence-electron chi connectivity index (χ0n) is 14.2. The van der Waals surface area contributed by atoms with Gasteiger partial charge in [0.15, 0.2) is 0 Å². The molecule has 128 valence electrons. The monoisotopic (exact) mass is 335 g/mol. The standard InChI is InChI=1S/C19H21N5O/c1-13-2-4-14(5-3-13)18-15(10-22-23-18)11-24-8-6-16-17(7-9-24)20-12-21-19(16)25/h2-5,10,12H,6-9,11H2,1H3,(H,22,23)(H,20,21,25). The number of benzene rings is 1. The Balaban J connectivity index is 1.53. The van der Waals surface area contributed by atoms with E-state index in [1.807, 2.05) is 6.20 Å². The van der Waals surface area contributed by atoms with E-state index in [-0.39, 0.29) is 5.56 Å². The van der Waals surface area contributed by atoms with Gasteiger partial charge in [-0.05, 0) is 18.9 Å². The SMILES string of the molecule is Cc1ccc(-c2[nH]ncc2CN2CCc3nc[nH]c(=O)c3CC2)cc1. The highest BCUT2D eigenvalue weighted by Gasteiger charge is 2.19. The lowest BCUT2D eigenvalue weighted by Crippen LogP contribution is -2.26. The van der Waals surface area contributed by atoms with Gasteiger partial charge in [0, 0.05) is 37.2 Å². The molecule has 0 atom stereocenters. The predicted molar refractivity (Wildman–Crippen MR) is 96.3 cm³/mol. The van der Waals surface area contributed by atoms with Gasteiger partial charge in [0.05, 0.1) is 23.9 Å². The Labute approximate surface area is 145 Å². The molecule has 6 heteroatoms. The minimum absolute atomic E-state index is 0.00416. The molecule has 3 heterocycles. The predicted octanol–water partition coefficient (Wildman–Crippen LogP) is 2.07. The summed E-state index contributed by atoms with van der Waals surface area (Å²) in [6.45, 7) is 4.64. The number of nitrogens with zero attached hydrogens (tertiary/aromatic N) is 3. The van der Waals surface area contributed by atoms with Crippen LogP contribution in [0.15, 0.2) is 41.6 Å². The van der Waals surface area contributed by atoms with Crippen LogP contribution in [0.3, 0.4) is 0 Å². The maximum Gasteiger partial charge on any atom is 0.254 e. The van der Waals surface area contributed by atoms with Crippen LogP contribution in [-0.4, -0.2) is 38.2 Å². The lowest BCUT2D eigenvalue weighted by molar-refractivity contribution is 0.279. The number of hydrogen-bond acceptors (Lipinski definition) is 4. The second-order valence-corrected chi connectivity index (χ2v) is 6.57. The number of aromatic amines is 2. The Morgan fingerprint density at radius 3 is 2.80 bits per heavy atom. The molecule has 1 aromatic carbocycles. The van der Waals surface area contributed by atoms with Gasteiger partial charge in [-0.25, -0.2) is 4.98 Å². The Kier molecular flexibility index (Phi) is 4.19. The Hall–Kier alpha value is -2.73. The van der Waals surface area contributed by atoms with Gasteiger partial charge in [-0.2, -0.15) is 5.10 Å². The average Bonchev–Trinajstić information content (AvgIpc) is 2.96. The summed E-state index contributed by atoms with van der Waals surface area (Å²) >= 11 is 0. The molecule has 6 nitrogen and oxygen atoms in total. The highest BCUT2D eigenvalue weighted by Crippen LogP contribution is 2.23. The third-order valence-electron chi connectivity index (χ3n) is 4.83. The molecule has 0 bridgehead atoms. The Morgan fingerprint density at radius 2 is 1.96 bits per heavy atom. The zero-order valence-corrected chi connectivity index (χ0v) is 14.2. The fourth-order valence-corrected chi connectivity index (χ4v) is 3.38. The first-order valence-electron chi connectivity index (χ1n) is 8.58. The van der Waals surface area contributed by atoms with E-state index in [2.05, 4.69) is 56.3 Å². The molecule has 25 heavy (non-hydrogen) atoms. The summed E-state index contributed by atoms with van der Waals surface area (Å²) in [5.41, 5.74) is 6.39. The van der Waals surface area contributed by atoms with Crippen molar-refractivity contribution in [1.82, 2.24) is 25.1 Å². The molecule has 0 spiro atoms. The Morgan fingerprint density at radius 1 is 1.16 bits per heavy atom. The average molecular weight is 335 g/mol. The van der Waals surface area contributed by atoms with Crippen LogP contribution >= 0.6 is 0 Å². The molecule has 1 aliphatic heterocycles. The molecule has 2 N–H and O–H groups in total. The first-order valence-corrected chi connectivity index (χ1v) is 8.58. The molecule has 2 aromatic heterocycles. The van der Waals surface area contributed by atoms with Crippen molar-refractivity contribution in [1.29, 1.82) is 0 Å². The second kappa shape index (κ2) is 6.64. The molecule has 0 radical (unpaired) electrons. The summed E-state index contributed by atoms with van der Waals surface area (Å²) in [7, 11) is 0. The van der Waals surface area contributed by atoms with E-state index < -0.39 is 0 Å². The largest absolute Gasteiger partial charge is 0.313 e. The van der Waals surface area contributed by atoms with Crippen molar-refractivity contribution >= 4 is 0 Å². The number of rotatable bonds is 3. The quantitative estimate of drug-likeness (QED) is 0.768. The van der Waals surface area contributed by atoms with Crippen LogP contribution in [0.25, 0.3) is 11.3 Å². The molecule has 0 saturated heterocycles. The molecule has 0 saturated carbocycles. The van der Waals surface area contributed by atoms with Gasteiger partial charge in [-0.3, -0.25) is 14.8 Å². The van der Waals surface area contributed by atoms with Crippen LogP contribution in [0, 0.1) is 6.92 Å². The van der Waals surface area contributed by atoms with Crippen LogP contribution in [0.5, 0.6) is 0 Å². The molecule has 1 aliphatic rings. The van der Waals surface area contributed by atoms with Gasteiger partial charge < -0.3 is 4.98 Å². The molecular formula is C19H21N5O. The normalized spacial score (nSPS) is 14.9. The first kappa shape index (κ1) is 15.8. The van der Waals surface area contributed by atoms with E-state index in [1.165, 1.54) is 17.5 Å². The fourth-order valence-electron chi connectivity index (χ4n) is 3.38. The van der Waals surface area contributed by atoms with Gasteiger partial charge in [-0.15, -0.1) is 0 Å². The van der Waals surface area contributed by atoms with Gasteiger partial charge in [-0.1, -0.05) is 29.8 Å². The molecule has 3 aromatic rings. The number of nitrogens with one attached hydrogen (secondary N) is 2. The maximum absolute atomic E-state index is 12.0. The highest BCUT2D eigenvalue weighted by atomic mass is 16.1. The van der Waals surface area contributed by atoms with Crippen LogP contribution in [0.2, 0.25) is 0 Å². The highest BCUT2D eigenvalue weighted by molar-refractivity contribution is 5.62. The van der Waals surface area contributed by atoms with Crippen molar-refractivity contribution in [3.05, 3.63) is 69.5 Å². The third kappa shape index (κ3) is 3.25. The number of aryl methyl sites for hydroxylation is 1. The van der Waals surface area contributed by atoms with Crippen molar-refractivity contribution < 1.29 is 0 Å². The third-order valence-corrected chi connectivity index (χ3v) is 4.83. The van der Waals surface area contributed by atoms with E-state index in [0.29, 0.717) is 0 Å². The number of H-pyrrole nitrogens is 2. The lowest BCUT2D eigenvalue weighted by Gasteiger charge is -2.19. The molecule has 0 aliphatic carbocycles. The Bertz CT molecular complexity index is 925. The van der Waals surface area contributed by atoms with Crippen molar-refractivity contribution in [2.75, 3.05) is 13.1 Å². The van der Waals surface area contributed by atoms with Gasteiger partial charge in [0.2, 0.25) is 0 Å². The van der Waals surface area contributed by atoms with Gasteiger partial charge >= 0.3 is 0 Å². The zero-order chi connectivity index (χ0) is 17.2. The number of hydrogen-bond donors (Lipinski definition) is 2. The van der Waals surface area contributed by atoms with E-state index >= 15 is 0 Å². The minimum atomic E-state index is -0.00416. The summed E-state index contributed by atoms with van der Waals surface area (Å²) < 4.78 is 0. The van der Waals surface area contributed by atoms with E-state index in [0.717, 1.165) is 55.0 Å².